The monoisotopic (exact) mass is 356 g/mol. The van der Waals surface area contributed by atoms with Crippen LogP contribution in [-0.2, 0) is 0 Å². The van der Waals surface area contributed by atoms with E-state index < -0.39 is 0 Å². The van der Waals surface area contributed by atoms with E-state index in [1.807, 2.05) is 30.3 Å². The van der Waals surface area contributed by atoms with Crippen LogP contribution in [0, 0.1) is 5.92 Å². The van der Waals surface area contributed by atoms with Crippen molar-refractivity contribution in [1.82, 2.24) is 0 Å². The Balaban J connectivity index is 1.73. The molecule has 0 heterocycles. The average Bonchev–Trinajstić information content (AvgIpc) is 2.65. The molecule has 0 fully saturated rings. The first-order valence-corrected chi connectivity index (χ1v) is 9.61. The number of anilines is 2. The molecular formula is C22H32N2O2. The maximum atomic E-state index is 5.85. The van der Waals surface area contributed by atoms with Gasteiger partial charge in [-0.1, -0.05) is 39.3 Å². The zero-order valence-electron chi connectivity index (χ0n) is 16.3. The van der Waals surface area contributed by atoms with Crippen molar-refractivity contribution in [2.45, 2.75) is 33.6 Å². The zero-order chi connectivity index (χ0) is 18.6. The molecule has 0 saturated carbocycles. The molecule has 0 unspecified atom stereocenters. The summed E-state index contributed by atoms with van der Waals surface area (Å²) in [4.78, 5) is 0. The Bertz CT molecular complexity index is 626. The van der Waals surface area contributed by atoms with Gasteiger partial charge < -0.3 is 20.1 Å². The van der Waals surface area contributed by atoms with Gasteiger partial charge in [0, 0.05) is 18.8 Å². The lowest BCUT2D eigenvalue weighted by molar-refractivity contribution is 0.271. The van der Waals surface area contributed by atoms with E-state index in [1.54, 1.807) is 0 Å². The molecule has 0 bridgehead atoms. The summed E-state index contributed by atoms with van der Waals surface area (Å²) < 4.78 is 11.6. The van der Waals surface area contributed by atoms with Gasteiger partial charge in [0.15, 0.2) is 0 Å². The Morgan fingerprint density at radius 3 is 2.35 bits per heavy atom. The smallest absolute Gasteiger partial charge is 0.142 e. The van der Waals surface area contributed by atoms with Crippen molar-refractivity contribution in [3.8, 4) is 11.5 Å². The van der Waals surface area contributed by atoms with Crippen LogP contribution in [0.25, 0.3) is 0 Å². The molecule has 142 valence electrons. The van der Waals surface area contributed by atoms with Gasteiger partial charge in [0.1, 0.15) is 11.5 Å². The molecule has 4 nitrogen and oxygen atoms in total. The van der Waals surface area contributed by atoms with E-state index >= 15 is 0 Å². The third kappa shape index (κ3) is 7.26. The fourth-order valence-electron chi connectivity index (χ4n) is 2.40. The molecular weight excluding hydrogens is 324 g/mol. The first-order chi connectivity index (χ1) is 12.7. The maximum Gasteiger partial charge on any atom is 0.142 e. The first-order valence-electron chi connectivity index (χ1n) is 9.61. The molecule has 0 aliphatic carbocycles. The van der Waals surface area contributed by atoms with Crippen LogP contribution in [0.15, 0.2) is 48.5 Å². The standard InChI is InChI=1S/C22H32N2O2/c1-4-5-16-25-22-9-7-6-8-21(22)24-15-14-23-19-10-12-20(13-11-19)26-17-18(2)3/h6-13,18,23-24H,4-5,14-17H2,1-3H3. The van der Waals surface area contributed by atoms with E-state index in [0.29, 0.717) is 5.92 Å². The van der Waals surface area contributed by atoms with Crippen molar-refractivity contribution in [1.29, 1.82) is 0 Å². The van der Waals surface area contributed by atoms with E-state index in [4.69, 9.17) is 9.47 Å². The Hall–Kier alpha value is -2.36. The Morgan fingerprint density at radius 2 is 1.62 bits per heavy atom. The highest BCUT2D eigenvalue weighted by atomic mass is 16.5. The predicted molar refractivity (Wildman–Crippen MR) is 111 cm³/mol. The number of hydrogen-bond donors (Lipinski definition) is 2. The van der Waals surface area contributed by atoms with Gasteiger partial charge in [0.25, 0.3) is 0 Å². The summed E-state index contributed by atoms with van der Waals surface area (Å²) in [5.74, 6) is 2.38. The van der Waals surface area contributed by atoms with Crippen LogP contribution >= 0.6 is 0 Å². The predicted octanol–water partition coefficient (Wildman–Crippen LogP) is 5.42. The van der Waals surface area contributed by atoms with Crippen molar-refractivity contribution in [3.63, 3.8) is 0 Å². The van der Waals surface area contributed by atoms with Crippen molar-refractivity contribution in [3.05, 3.63) is 48.5 Å². The SMILES string of the molecule is CCCCOc1ccccc1NCCNc1ccc(OCC(C)C)cc1. The summed E-state index contributed by atoms with van der Waals surface area (Å²) in [6.45, 7) is 9.62. The van der Waals surface area contributed by atoms with E-state index in [-0.39, 0.29) is 0 Å². The Labute approximate surface area is 157 Å². The minimum absolute atomic E-state index is 0.535. The van der Waals surface area contributed by atoms with Crippen molar-refractivity contribution in [2.24, 2.45) is 5.92 Å². The second-order valence-electron chi connectivity index (χ2n) is 6.78. The molecule has 26 heavy (non-hydrogen) atoms. The van der Waals surface area contributed by atoms with Crippen molar-refractivity contribution in [2.75, 3.05) is 36.9 Å². The summed E-state index contributed by atoms with van der Waals surface area (Å²) >= 11 is 0. The Morgan fingerprint density at radius 1 is 0.885 bits per heavy atom. The number of unbranched alkanes of at least 4 members (excludes halogenated alkanes) is 1. The van der Waals surface area contributed by atoms with Crippen molar-refractivity contribution < 1.29 is 9.47 Å². The summed E-state index contributed by atoms with van der Waals surface area (Å²) in [5, 5.41) is 6.86. The number of para-hydroxylation sites is 2. The third-order valence-electron chi connectivity index (χ3n) is 3.85. The third-order valence-corrected chi connectivity index (χ3v) is 3.85. The zero-order valence-corrected chi connectivity index (χ0v) is 16.3. The molecule has 0 radical (unpaired) electrons. The van der Waals surface area contributed by atoms with E-state index in [1.165, 1.54) is 0 Å². The molecule has 0 spiro atoms. The molecule has 0 aliphatic rings. The van der Waals surface area contributed by atoms with Crippen LogP contribution in [0.5, 0.6) is 11.5 Å². The van der Waals surface area contributed by atoms with E-state index in [2.05, 4.69) is 49.6 Å². The van der Waals surface area contributed by atoms with Gasteiger partial charge in [-0.15, -0.1) is 0 Å². The van der Waals surface area contributed by atoms with Gasteiger partial charge in [0.2, 0.25) is 0 Å². The average molecular weight is 357 g/mol. The maximum absolute atomic E-state index is 5.85. The van der Waals surface area contributed by atoms with Gasteiger partial charge in [-0.25, -0.2) is 0 Å². The largest absolute Gasteiger partial charge is 0.493 e. The molecule has 0 aliphatic heterocycles. The lowest BCUT2D eigenvalue weighted by Crippen LogP contribution is -2.14. The van der Waals surface area contributed by atoms with Crippen molar-refractivity contribution >= 4 is 11.4 Å². The van der Waals surface area contributed by atoms with E-state index in [9.17, 15) is 0 Å². The normalized spacial score (nSPS) is 10.6. The summed E-state index contributed by atoms with van der Waals surface area (Å²) in [7, 11) is 0. The number of rotatable bonds is 12. The van der Waals surface area contributed by atoms with Gasteiger partial charge in [-0.2, -0.15) is 0 Å². The molecule has 0 saturated heterocycles. The van der Waals surface area contributed by atoms with Gasteiger partial charge in [-0.05, 0) is 48.7 Å². The van der Waals surface area contributed by atoms with Crippen LogP contribution in [-0.4, -0.2) is 26.3 Å². The van der Waals surface area contributed by atoms with Gasteiger partial charge in [0.05, 0.1) is 18.9 Å². The molecule has 4 heteroatoms. The highest BCUT2D eigenvalue weighted by molar-refractivity contribution is 5.56. The lowest BCUT2D eigenvalue weighted by Gasteiger charge is -2.14. The molecule has 2 rings (SSSR count). The number of hydrogen-bond acceptors (Lipinski definition) is 4. The van der Waals surface area contributed by atoms with Crippen LogP contribution in [0.4, 0.5) is 11.4 Å². The minimum atomic E-state index is 0.535. The summed E-state index contributed by atoms with van der Waals surface area (Å²) in [5.41, 5.74) is 2.14. The Kier molecular flexibility index (Phi) is 8.67. The summed E-state index contributed by atoms with van der Waals surface area (Å²) in [6, 6.07) is 16.2. The quantitative estimate of drug-likeness (QED) is 0.498. The fourth-order valence-corrected chi connectivity index (χ4v) is 2.40. The molecule has 0 atom stereocenters. The molecule has 2 aromatic carbocycles. The number of ether oxygens (including phenoxy) is 2. The van der Waals surface area contributed by atoms with Gasteiger partial charge >= 0.3 is 0 Å². The number of nitrogens with one attached hydrogen (secondary N) is 2. The van der Waals surface area contributed by atoms with Crippen LogP contribution in [0.1, 0.15) is 33.6 Å². The minimum Gasteiger partial charge on any atom is -0.493 e. The first kappa shape index (κ1) is 20.0. The molecule has 2 aromatic rings. The van der Waals surface area contributed by atoms with Crippen LogP contribution in [0.2, 0.25) is 0 Å². The van der Waals surface area contributed by atoms with E-state index in [0.717, 1.165) is 62.0 Å². The topological polar surface area (TPSA) is 42.5 Å². The van der Waals surface area contributed by atoms with Crippen LogP contribution in [0.3, 0.4) is 0 Å². The summed E-state index contributed by atoms with van der Waals surface area (Å²) in [6.07, 6.45) is 2.22. The molecule has 0 aromatic heterocycles. The second kappa shape index (κ2) is 11.3. The second-order valence-corrected chi connectivity index (χ2v) is 6.78. The van der Waals surface area contributed by atoms with Crippen LogP contribution < -0.4 is 20.1 Å². The molecule has 0 amide bonds. The number of benzene rings is 2. The van der Waals surface area contributed by atoms with Gasteiger partial charge in [-0.3, -0.25) is 0 Å². The molecule has 2 N–H and O–H groups in total. The fraction of sp³-hybridized carbons (Fsp3) is 0.455. The highest BCUT2D eigenvalue weighted by Crippen LogP contribution is 2.23. The highest BCUT2D eigenvalue weighted by Gasteiger charge is 2.02. The lowest BCUT2D eigenvalue weighted by atomic mass is 10.2.